The molecule has 0 saturated carbocycles. The van der Waals surface area contributed by atoms with Gasteiger partial charge in [-0.25, -0.2) is 4.98 Å². The molecule has 0 spiro atoms. The van der Waals surface area contributed by atoms with E-state index in [4.69, 9.17) is 0 Å². The van der Waals surface area contributed by atoms with E-state index in [0.717, 1.165) is 11.4 Å². The second-order valence-corrected chi connectivity index (χ2v) is 5.03. The molecule has 4 heteroatoms. The number of hydrogen-bond acceptors (Lipinski definition) is 2. The summed E-state index contributed by atoms with van der Waals surface area (Å²) < 4.78 is 1.91. The third-order valence-corrected chi connectivity index (χ3v) is 3.05. The predicted molar refractivity (Wildman–Crippen MR) is 68.8 cm³/mol. The average Bonchev–Trinajstić information content (AvgIpc) is 2.48. The molecule has 0 aliphatic rings. The molecule has 0 atom stereocenters. The first-order valence-corrected chi connectivity index (χ1v) is 6.14. The molecule has 1 amide bonds. The standard InChI is InChI=1S/C13H23N3O/c1-9(2)16(10(3)4)13(17)7-15-8-14-11(5)12(15)6/h8-10H,7H2,1-6H3. The van der Waals surface area contributed by atoms with Gasteiger partial charge in [-0.15, -0.1) is 0 Å². The van der Waals surface area contributed by atoms with Crippen molar-refractivity contribution in [2.45, 2.75) is 60.2 Å². The van der Waals surface area contributed by atoms with E-state index < -0.39 is 0 Å². The Kier molecular flexibility index (Phi) is 4.32. The molecule has 0 radical (unpaired) electrons. The maximum atomic E-state index is 12.2. The van der Waals surface area contributed by atoms with Gasteiger partial charge in [-0.1, -0.05) is 0 Å². The topological polar surface area (TPSA) is 38.1 Å². The van der Waals surface area contributed by atoms with Gasteiger partial charge in [0.2, 0.25) is 5.91 Å². The largest absolute Gasteiger partial charge is 0.336 e. The van der Waals surface area contributed by atoms with Crippen molar-refractivity contribution in [3.8, 4) is 0 Å². The number of rotatable bonds is 4. The summed E-state index contributed by atoms with van der Waals surface area (Å²) in [7, 11) is 0. The molecular weight excluding hydrogens is 214 g/mol. The van der Waals surface area contributed by atoms with Crippen molar-refractivity contribution in [3.05, 3.63) is 17.7 Å². The molecule has 17 heavy (non-hydrogen) atoms. The Balaban J connectivity index is 2.81. The summed E-state index contributed by atoms with van der Waals surface area (Å²) >= 11 is 0. The lowest BCUT2D eigenvalue weighted by Crippen LogP contribution is -2.43. The van der Waals surface area contributed by atoms with E-state index in [1.54, 1.807) is 6.33 Å². The van der Waals surface area contributed by atoms with Crippen molar-refractivity contribution in [2.75, 3.05) is 0 Å². The summed E-state index contributed by atoms with van der Waals surface area (Å²) in [4.78, 5) is 18.4. The molecule has 1 rings (SSSR count). The first-order valence-electron chi connectivity index (χ1n) is 6.14. The Morgan fingerprint density at radius 3 is 2.18 bits per heavy atom. The molecule has 0 aliphatic heterocycles. The molecule has 0 saturated heterocycles. The third-order valence-electron chi connectivity index (χ3n) is 3.05. The number of amides is 1. The highest BCUT2D eigenvalue weighted by Crippen LogP contribution is 2.09. The molecule has 0 bridgehead atoms. The van der Waals surface area contributed by atoms with Crippen LogP contribution >= 0.6 is 0 Å². The summed E-state index contributed by atoms with van der Waals surface area (Å²) in [6.07, 6.45) is 1.74. The van der Waals surface area contributed by atoms with Crippen LogP contribution < -0.4 is 0 Å². The third kappa shape index (κ3) is 3.08. The van der Waals surface area contributed by atoms with E-state index in [-0.39, 0.29) is 18.0 Å². The summed E-state index contributed by atoms with van der Waals surface area (Å²) in [6.45, 7) is 12.5. The smallest absolute Gasteiger partial charge is 0.243 e. The van der Waals surface area contributed by atoms with Crippen molar-refractivity contribution < 1.29 is 4.79 Å². The van der Waals surface area contributed by atoms with Crippen molar-refractivity contribution in [2.24, 2.45) is 0 Å². The molecule has 96 valence electrons. The van der Waals surface area contributed by atoms with Crippen molar-refractivity contribution in [1.29, 1.82) is 0 Å². The normalized spacial score (nSPS) is 11.3. The Bertz CT molecular complexity index is 385. The number of imidazole rings is 1. The quantitative estimate of drug-likeness (QED) is 0.804. The maximum Gasteiger partial charge on any atom is 0.243 e. The number of aryl methyl sites for hydroxylation is 1. The lowest BCUT2D eigenvalue weighted by atomic mass is 10.2. The first kappa shape index (κ1) is 13.7. The Labute approximate surface area is 104 Å². The zero-order chi connectivity index (χ0) is 13.2. The molecule has 0 aliphatic carbocycles. The van der Waals surface area contributed by atoms with Crippen molar-refractivity contribution in [1.82, 2.24) is 14.5 Å². The lowest BCUT2D eigenvalue weighted by molar-refractivity contribution is -0.135. The fourth-order valence-corrected chi connectivity index (χ4v) is 2.10. The van der Waals surface area contributed by atoms with Gasteiger partial charge in [0.1, 0.15) is 6.54 Å². The van der Waals surface area contributed by atoms with Crippen LogP contribution in [-0.2, 0) is 11.3 Å². The van der Waals surface area contributed by atoms with Crippen molar-refractivity contribution >= 4 is 5.91 Å². The van der Waals surface area contributed by atoms with Gasteiger partial charge in [-0.05, 0) is 41.5 Å². The monoisotopic (exact) mass is 237 g/mol. The van der Waals surface area contributed by atoms with Crippen LogP contribution in [0.25, 0.3) is 0 Å². The Morgan fingerprint density at radius 2 is 1.82 bits per heavy atom. The molecular formula is C13H23N3O. The van der Waals surface area contributed by atoms with E-state index in [1.165, 1.54) is 0 Å². The van der Waals surface area contributed by atoms with Crippen LogP contribution in [0.4, 0.5) is 0 Å². The number of hydrogen-bond donors (Lipinski definition) is 0. The second kappa shape index (κ2) is 5.34. The highest BCUT2D eigenvalue weighted by molar-refractivity contribution is 5.76. The van der Waals surface area contributed by atoms with E-state index in [2.05, 4.69) is 4.98 Å². The first-order chi connectivity index (χ1) is 7.84. The van der Waals surface area contributed by atoms with E-state index >= 15 is 0 Å². The SMILES string of the molecule is Cc1ncn(CC(=O)N(C(C)C)C(C)C)c1C. The van der Waals surface area contributed by atoms with Gasteiger partial charge >= 0.3 is 0 Å². The van der Waals surface area contributed by atoms with E-state index in [1.807, 2.05) is 51.0 Å². The molecule has 1 aromatic heterocycles. The highest BCUT2D eigenvalue weighted by Gasteiger charge is 2.20. The summed E-state index contributed by atoms with van der Waals surface area (Å²) in [5.74, 6) is 0.149. The summed E-state index contributed by atoms with van der Waals surface area (Å²) in [6, 6.07) is 0.458. The highest BCUT2D eigenvalue weighted by atomic mass is 16.2. The molecule has 0 aromatic carbocycles. The van der Waals surface area contributed by atoms with Crippen LogP contribution in [-0.4, -0.2) is 32.4 Å². The minimum Gasteiger partial charge on any atom is -0.336 e. The Hall–Kier alpha value is -1.32. The van der Waals surface area contributed by atoms with Crippen LogP contribution in [0.5, 0.6) is 0 Å². The van der Waals surface area contributed by atoms with Gasteiger partial charge in [-0.3, -0.25) is 4.79 Å². The summed E-state index contributed by atoms with van der Waals surface area (Å²) in [5, 5.41) is 0. The van der Waals surface area contributed by atoms with Gasteiger partial charge in [0, 0.05) is 17.8 Å². The van der Waals surface area contributed by atoms with Crippen LogP contribution in [0.15, 0.2) is 6.33 Å². The number of carbonyl (C=O) groups is 1. The zero-order valence-electron chi connectivity index (χ0n) is 11.7. The maximum absolute atomic E-state index is 12.2. The Morgan fingerprint density at radius 1 is 1.29 bits per heavy atom. The molecule has 0 fully saturated rings. The van der Waals surface area contributed by atoms with Crippen LogP contribution in [0, 0.1) is 13.8 Å². The molecule has 4 nitrogen and oxygen atoms in total. The summed E-state index contributed by atoms with van der Waals surface area (Å²) in [5.41, 5.74) is 2.05. The van der Waals surface area contributed by atoms with Gasteiger partial charge in [0.05, 0.1) is 12.0 Å². The fraction of sp³-hybridized carbons (Fsp3) is 0.692. The van der Waals surface area contributed by atoms with Gasteiger partial charge in [-0.2, -0.15) is 0 Å². The van der Waals surface area contributed by atoms with Gasteiger partial charge < -0.3 is 9.47 Å². The van der Waals surface area contributed by atoms with Crippen molar-refractivity contribution in [3.63, 3.8) is 0 Å². The number of carbonyl (C=O) groups excluding carboxylic acids is 1. The van der Waals surface area contributed by atoms with Crippen LogP contribution in [0.3, 0.4) is 0 Å². The average molecular weight is 237 g/mol. The molecule has 1 aromatic rings. The number of nitrogens with zero attached hydrogens (tertiary/aromatic N) is 3. The predicted octanol–water partition coefficient (Wildman–Crippen LogP) is 2.15. The molecule has 0 unspecified atom stereocenters. The van der Waals surface area contributed by atoms with Crippen LogP contribution in [0.1, 0.15) is 39.1 Å². The van der Waals surface area contributed by atoms with Gasteiger partial charge in [0.25, 0.3) is 0 Å². The van der Waals surface area contributed by atoms with Gasteiger partial charge in [0.15, 0.2) is 0 Å². The van der Waals surface area contributed by atoms with Crippen LogP contribution in [0.2, 0.25) is 0 Å². The number of aromatic nitrogens is 2. The van der Waals surface area contributed by atoms with E-state index in [9.17, 15) is 4.79 Å². The second-order valence-electron chi connectivity index (χ2n) is 5.03. The van der Waals surface area contributed by atoms with E-state index in [0.29, 0.717) is 6.54 Å². The zero-order valence-corrected chi connectivity index (χ0v) is 11.7. The molecule has 1 heterocycles. The lowest BCUT2D eigenvalue weighted by Gasteiger charge is -2.31. The molecule has 0 N–H and O–H groups in total. The fourth-order valence-electron chi connectivity index (χ4n) is 2.10. The minimum absolute atomic E-state index is 0.149. The minimum atomic E-state index is 0.149.